The predicted molar refractivity (Wildman–Crippen MR) is 113 cm³/mol. The molecule has 4 rings (SSSR count). The Morgan fingerprint density at radius 1 is 1.28 bits per heavy atom. The number of H-pyrrole nitrogens is 1. The highest BCUT2D eigenvalue weighted by Crippen LogP contribution is 2.30. The number of aromatic amines is 1. The second-order valence-corrected chi connectivity index (χ2v) is 7.69. The number of ether oxygens (including phenoxy) is 1. The summed E-state index contributed by atoms with van der Waals surface area (Å²) in [6, 6.07) is 8.33. The third kappa shape index (κ3) is 3.89. The van der Waals surface area contributed by atoms with E-state index in [0.717, 1.165) is 5.39 Å². The van der Waals surface area contributed by atoms with E-state index in [2.05, 4.69) is 15.3 Å². The number of halogens is 2. The highest BCUT2D eigenvalue weighted by atomic mass is 19.2. The molecule has 0 spiro atoms. The molecule has 1 aliphatic heterocycles. The van der Waals surface area contributed by atoms with Crippen molar-refractivity contribution in [3.8, 4) is 0 Å². The van der Waals surface area contributed by atoms with E-state index in [9.17, 15) is 23.5 Å². The van der Waals surface area contributed by atoms with Crippen molar-refractivity contribution in [1.29, 1.82) is 0 Å². The number of para-hydroxylation sites is 1. The van der Waals surface area contributed by atoms with Crippen molar-refractivity contribution in [3.05, 3.63) is 59.0 Å². The van der Waals surface area contributed by atoms with Crippen molar-refractivity contribution in [2.24, 2.45) is 0 Å². The van der Waals surface area contributed by atoms with E-state index < -0.39 is 41.4 Å². The van der Waals surface area contributed by atoms with Gasteiger partial charge in [-0.25, -0.2) is 18.6 Å². The molecule has 1 aliphatic rings. The van der Waals surface area contributed by atoms with Crippen molar-refractivity contribution >= 4 is 28.5 Å². The fraction of sp³-hybridized carbons (Fsp3) is 0.318. The Hall–Kier alpha value is -3.53. The smallest absolute Gasteiger partial charge is 0.354 e. The van der Waals surface area contributed by atoms with Crippen molar-refractivity contribution in [1.82, 2.24) is 15.3 Å². The number of amides is 1. The third-order valence-electron chi connectivity index (χ3n) is 5.71. The number of carboxylic acid groups (broad SMARTS) is 1. The van der Waals surface area contributed by atoms with Gasteiger partial charge >= 0.3 is 5.97 Å². The topological polar surface area (TPSA) is 108 Å². The van der Waals surface area contributed by atoms with Crippen LogP contribution < -0.4 is 10.2 Å². The Morgan fingerprint density at radius 3 is 2.69 bits per heavy atom. The van der Waals surface area contributed by atoms with E-state index in [1.165, 1.54) is 20.1 Å². The van der Waals surface area contributed by atoms with Gasteiger partial charge in [0.05, 0.1) is 23.4 Å². The highest BCUT2D eigenvalue weighted by Gasteiger charge is 2.33. The predicted octanol–water partition coefficient (Wildman–Crippen LogP) is 2.87. The van der Waals surface area contributed by atoms with Crippen molar-refractivity contribution in [2.75, 3.05) is 25.1 Å². The lowest BCUT2D eigenvalue weighted by molar-refractivity contribution is 0.0538. The highest BCUT2D eigenvalue weighted by molar-refractivity contribution is 5.97. The quantitative estimate of drug-likeness (QED) is 0.559. The van der Waals surface area contributed by atoms with Crippen LogP contribution in [0, 0.1) is 18.6 Å². The fourth-order valence-corrected chi connectivity index (χ4v) is 4.04. The molecule has 8 nitrogen and oxygen atoms in total. The van der Waals surface area contributed by atoms with Crippen LogP contribution in [0.5, 0.6) is 0 Å². The monoisotopic (exact) mass is 444 g/mol. The number of hydrogen-bond acceptors (Lipinski definition) is 5. The molecule has 32 heavy (non-hydrogen) atoms. The summed E-state index contributed by atoms with van der Waals surface area (Å²) in [7, 11) is 1.50. The van der Waals surface area contributed by atoms with Gasteiger partial charge in [-0.3, -0.25) is 4.79 Å². The number of benzene rings is 1. The molecular weight excluding hydrogens is 422 g/mol. The molecule has 0 bridgehead atoms. The summed E-state index contributed by atoms with van der Waals surface area (Å²) in [5, 5.41) is 13.0. The molecule has 168 valence electrons. The van der Waals surface area contributed by atoms with Crippen LogP contribution in [0.15, 0.2) is 30.3 Å². The number of rotatable bonds is 5. The summed E-state index contributed by atoms with van der Waals surface area (Å²) in [5.41, 5.74) is 0.690. The minimum atomic E-state index is -1.21. The Bertz CT molecular complexity index is 1200. The molecule has 0 aliphatic carbocycles. The lowest BCUT2D eigenvalue weighted by Gasteiger charge is -2.39. The van der Waals surface area contributed by atoms with Gasteiger partial charge in [-0.1, -0.05) is 18.2 Å². The maximum absolute atomic E-state index is 14.0. The fourth-order valence-electron chi connectivity index (χ4n) is 4.04. The molecule has 3 N–H and O–H groups in total. The van der Waals surface area contributed by atoms with Gasteiger partial charge in [0.1, 0.15) is 5.69 Å². The van der Waals surface area contributed by atoms with Crippen LogP contribution in [0.2, 0.25) is 0 Å². The number of aryl methyl sites for hydroxylation is 1. The van der Waals surface area contributed by atoms with Gasteiger partial charge in [-0.05, 0) is 25.5 Å². The number of carbonyl (C=O) groups is 2. The van der Waals surface area contributed by atoms with Gasteiger partial charge in [0.15, 0.2) is 17.3 Å². The molecule has 10 heteroatoms. The number of hydrogen-bond donors (Lipinski definition) is 3. The number of pyridine rings is 1. The van der Waals surface area contributed by atoms with Crippen LogP contribution in [-0.4, -0.2) is 59.3 Å². The number of piperidine rings is 1. The summed E-state index contributed by atoms with van der Waals surface area (Å²) >= 11 is 0. The van der Waals surface area contributed by atoms with E-state index in [1.807, 2.05) is 17.0 Å². The average Bonchev–Trinajstić information content (AvgIpc) is 3.05. The van der Waals surface area contributed by atoms with Crippen molar-refractivity contribution < 1.29 is 28.2 Å². The lowest BCUT2D eigenvalue weighted by atomic mass is 9.99. The Kier molecular flexibility index (Phi) is 5.79. The van der Waals surface area contributed by atoms with E-state index in [0.29, 0.717) is 30.7 Å². The molecule has 1 aromatic carbocycles. The maximum Gasteiger partial charge on any atom is 0.354 e. The van der Waals surface area contributed by atoms with Gasteiger partial charge in [0, 0.05) is 31.3 Å². The van der Waals surface area contributed by atoms with Crippen LogP contribution in [0.25, 0.3) is 10.9 Å². The SMILES string of the molecule is CO[C@H]1CN(c2cc(C(=O)O)nc3ccccc23)CC[C@H]1NC(=O)c1[nH]c(C)c(F)c1F. The number of anilines is 1. The first kappa shape index (κ1) is 21.7. The standard InChI is InChI=1S/C22H22F2N4O4/c1-11-18(23)19(24)20(25-11)21(29)27-14-7-8-28(10-17(14)32-2)16-9-15(22(30)31)26-13-6-4-3-5-12(13)16/h3-6,9,14,17,25H,7-8,10H2,1-2H3,(H,27,29)(H,30,31)/t14-,17+/m1/s1. The van der Waals surface area contributed by atoms with Gasteiger partial charge in [0.25, 0.3) is 5.91 Å². The minimum Gasteiger partial charge on any atom is -0.477 e. The van der Waals surface area contributed by atoms with Crippen LogP contribution in [0.3, 0.4) is 0 Å². The molecule has 1 saturated heterocycles. The molecular formula is C22H22F2N4O4. The number of aromatic carboxylic acids is 1. The maximum atomic E-state index is 14.0. The van der Waals surface area contributed by atoms with E-state index >= 15 is 0 Å². The van der Waals surface area contributed by atoms with E-state index in [1.54, 1.807) is 12.1 Å². The second kappa shape index (κ2) is 8.54. The minimum absolute atomic E-state index is 0.0513. The first-order chi connectivity index (χ1) is 15.3. The number of aromatic nitrogens is 2. The number of methoxy groups -OCH3 is 1. The molecule has 1 fully saturated rings. The molecule has 2 atom stereocenters. The Balaban J connectivity index is 1.57. The zero-order valence-electron chi connectivity index (χ0n) is 17.5. The summed E-state index contributed by atoms with van der Waals surface area (Å²) in [6.45, 7) is 2.18. The molecule has 3 heterocycles. The average molecular weight is 444 g/mol. The van der Waals surface area contributed by atoms with Crippen LogP contribution in [-0.2, 0) is 4.74 Å². The molecule has 0 unspecified atom stereocenters. The zero-order chi connectivity index (χ0) is 23.0. The first-order valence-corrected chi connectivity index (χ1v) is 10.1. The summed E-state index contributed by atoms with van der Waals surface area (Å²) in [5.74, 6) is -4.17. The Morgan fingerprint density at radius 2 is 2.03 bits per heavy atom. The molecule has 3 aromatic rings. The van der Waals surface area contributed by atoms with Crippen LogP contribution in [0.4, 0.5) is 14.5 Å². The van der Waals surface area contributed by atoms with Crippen LogP contribution >= 0.6 is 0 Å². The van der Waals surface area contributed by atoms with Crippen LogP contribution in [0.1, 0.15) is 33.1 Å². The van der Waals surface area contributed by atoms with Gasteiger partial charge < -0.3 is 25.0 Å². The summed E-state index contributed by atoms with van der Waals surface area (Å²) in [4.78, 5) is 32.7. The number of fused-ring (bicyclic) bond motifs is 1. The number of nitrogens with zero attached hydrogens (tertiary/aromatic N) is 2. The number of carboxylic acids is 1. The largest absolute Gasteiger partial charge is 0.477 e. The second-order valence-electron chi connectivity index (χ2n) is 7.69. The number of nitrogens with one attached hydrogen (secondary N) is 2. The molecule has 1 amide bonds. The molecule has 0 radical (unpaired) electrons. The number of carbonyl (C=O) groups excluding carboxylic acids is 1. The Labute approximate surface area is 182 Å². The van der Waals surface area contributed by atoms with Gasteiger partial charge in [-0.2, -0.15) is 0 Å². The van der Waals surface area contributed by atoms with E-state index in [4.69, 9.17) is 4.74 Å². The summed E-state index contributed by atoms with van der Waals surface area (Å²) < 4.78 is 33.2. The van der Waals surface area contributed by atoms with Gasteiger partial charge in [0.2, 0.25) is 0 Å². The summed E-state index contributed by atoms with van der Waals surface area (Å²) in [6.07, 6.45) is -0.00975. The van der Waals surface area contributed by atoms with Crippen molar-refractivity contribution in [3.63, 3.8) is 0 Å². The molecule has 2 aromatic heterocycles. The first-order valence-electron chi connectivity index (χ1n) is 10.1. The van der Waals surface area contributed by atoms with Gasteiger partial charge in [-0.15, -0.1) is 0 Å². The normalized spacial score (nSPS) is 18.7. The van der Waals surface area contributed by atoms with Crippen molar-refractivity contribution in [2.45, 2.75) is 25.5 Å². The third-order valence-corrected chi connectivity index (χ3v) is 5.71. The van der Waals surface area contributed by atoms with E-state index in [-0.39, 0.29) is 11.4 Å². The zero-order valence-corrected chi connectivity index (χ0v) is 17.5. The lowest BCUT2D eigenvalue weighted by Crippen LogP contribution is -2.55. The molecule has 0 saturated carbocycles.